The summed E-state index contributed by atoms with van der Waals surface area (Å²) in [5.41, 5.74) is 1.45. The van der Waals surface area contributed by atoms with E-state index in [9.17, 15) is 9.59 Å². The largest absolute Gasteiger partial charge is 0.466 e. The van der Waals surface area contributed by atoms with E-state index in [1.807, 2.05) is 50.4 Å². The normalized spacial score (nSPS) is 11.3. The summed E-state index contributed by atoms with van der Waals surface area (Å²) < 4.78 is 4.97. The molecule has 152 valence electrons. The van der Waals surface area contributed by atoms with Gasteiger partial charge in [-0.3, -0.25) is 9.59 Å². The lowest BCUT2D eigenvalue weighted by molar-refractivity contribution is -0.145. The number of benzene rings is 1. The van der Waals surface area contributed by atoms with E-state index in [-0.39, 0.29) is 30.3 Å². The van der Waals surface area contributed by atoms with Crippen LogP contribution in [-0.4, -0.2) is 40.5 Å². The third-order valence-corrected chi connectivity index (χ3v) is 5.26. The molecule has 0 atom stereocenters. The van der Waals surface area contributed by atoms with Gasteiger partial charge in [-0.2, -0.15) is 0 Å². The topological polar surface area (TPSA) is 59.5 Å². The maximum Gasteiger partial charge on any atom is 0.307 e. The van der Waals surface area contributed by atoms with Crippen molar-refractivity contribution in [2.45, 2.75) is 52.5 Å². The number of rotatable bonds is 8. The van der Waals surface area contributed by atoms with Gasteiger partial charge in [0.05, 0.1) is 30.2 Å². The Balaban J connectivity index is 2.00. The van der Waals surface area contributed by atoms with Gasteiger partial charge >= 0.3 is 5.97 Å². The lowest BCUT2D eigenvalue weighted by Gasteiger charge is -2.35. The molecule has 0 spiro atoms. The first-order valence-electron chi connectivity index (χ1n) is 9.33. The predicted molar refractivity (Wildman–Crippen MR) is 113 cm³/mol. The Labute approximate surface area is 175 Å². The molecular weight excluding hydrogens is 396 g/mol. The molecule has 1 amide bonds. The zero-order valence-electron chi connectivity index (χ0n) is 16.8. The Morgan fingerprint density at radius 2 is 2.04 bits per heavy atom. The molecule has 0 aliphatic heterocycles. The third-order valence-electron chi connectivity index (χ3n) is 4.13. The SMILES string of the molecule is CCOC(=O)CCN(C(=O)Cc1csc(Cc2cccc(Cl)c2)n1)C(C)(C)C. The van der Waals surface area contributed by atoms with Crippen LogP contribution in [0.2, 0.25) is 5.02 Å². The van der Waals surface area contributed by atoms with Crippen LogP contribution in [0.25, 0.3) is 0 Å². The molecule has 2 aromatic rings. The minimum Gasteiger partial charge on any atom is -0.466 e. The Kier molecular flexibility index (Phi) is 8.01. The van der Waals surface area contributed by atoms with E-state index in [1.54, 1.807) is 11.8 Å². The molecular formula is C21H27ClN2O3S. The number of esters is 1. The first-order valence-corrected chi connectivity index (χ1v) is 10.6. The van der Waals surface area contributed by atoms with E-state index in [4.69, 9.17) is 16.3 Å². The number of carbonyl (C=O) groups excluding carboxylic acids is 2. The molecule has 0 aliphatic rings. The second-order valence-corrected chi connectivity index (χ2v) is 8.87. The second kappa shape index (κ2) is 10.0. The number of aromatic nitrogens is 1. The fourth-order valence-electron chi connectivity index (χ4n) is 2.85. The molecule has 1 aromatic heterocycles. The van der Waals surface area contributed by atoms with Gasteiger partial charge in [0, 0.05) is 28.9 Å². The molecule has 7 heteroatoms. The molecule has 0 unspecified atom stereocenters. The average molecular weight is 423 g/mol. The molecule has 0 saturated heterocycles. The van der Waals surface area contributed by atoms with Gasteiger partial charge in [-0.15, -0.1) is 11.3 Å². The van der Waals surface area contributed by atoms with Crippen molar-refractivity contribution in [1.29, 1.82) is 0 Å². The summed E-state index contributed by atoms with van der Waals surface area (Å²) in [6.45, 7) is 8.33. The average Bonchev–Trinajstić information content (AvgIpc) is 3.00. The Hall–Kier alpha value is -1.92. The smallest absolute Gasteiger partial charge is 0.307 e. The number of thiazole rings is 1. The lowest BCUT2D eigenvalue weighted by atomic mass is 10.0. The van der Waals surface area contributed by atoms with Crippen LogP contribution in [0.15, 0.2) is 29.6 Å². The van der Waals surface area contributed by atoms with E-state index in [0.29, 0.717) is 24.6 Å². The van der Waals surface area contributed by atoms with E-state index in [2.05, 4.69) is 4.98 Å². The van der Waals surface area contributed by atoms with Crippen LogP contribution in [0.5, 0.6) is 0 Å². The molecule has 0 N–H and O–H groups in total. The number of carbonyl (C=O) groups is 2. The van der Waals surface area contributed by atoms with Crippen molar-refractivity contribution in [3.8, 4) is 0 Å². The first kappa shape index (κ1) is 22.4. The summed E-state index contributed by atoms with van der Waals surface area (Å²) in [5.74, 6) is -0.335. The summed E-state index contributed by atoms with van der Waals surface area (Å²) in [5, 5.41) is 3.56. The van der Waals surface area contributed by atoms with E-state index in [1.165, 1.54) is 11.3 Å². The van der Waals surface area contributed by atoms with Gasteiger partial charge in [0.15, 0.2) is 0 Å². The molecule has 28 heavy (non-hydrogen) atoms. The third kappa shape index (κ3) is 6.91. The summed E-state index contributed by atoms with van der Waals surface area (Å²) >= 11 is 7.57. The number of ether oxygens (including phenoxy) is 1. The fourth-order valence-corrected chi connectivity index (χ4v) is 3.89. The zero-order valence-corrected chi connectivity index (χ0v) is 18.4. The summed E-state index contributed by atoms with van der Waals surface area (Å²) in [6, 6.07) is 7.69. The first-order chi connectivity index (χ1) is 13.2. The van der Waals surface area contributed by atoms with Crippen molar-refractivity contribution in [2.75, 3.05) is 13.2 Å². The van der Waals surface area contributed by atoms with Gasteiger partial charge in [-0.1, -0.05) is 23.7 Å². The molecule has 5 nitrogen and oxygen atoms in total. The van der Waals surface area contributed by atoms with E-state index in [0.717, 1.165) is 16.3 Å². The molecule has 2 rings (SSSR count). The standard InChI is InChI=1S/C21H27ClN2O3S/c1-5-27-20(26)9-10-24(21(2,3)4)19(25)13-17-14-28-18(23-17)12-15-7-6-8-16(22)11-15/h6-8,11,14H,5,9-10,12-13H2,1-4H3. The number of nitrogens with zero attached hydrogens (tertiary/aromatic N) is 2. The molecule has 0 fully saturated rings. The molecule has 0 radical (unpaired) electrons. The van der Waals surface area contributed by atoms with Crippen molar-refractivity contribution in [2.24, 2.45) is 0 Å². The van der Waals surface area contributed by atoms with Crippen LogP contribution in [0.1, 0.15) is 50.4 Å². The summed E-state index contributed by atoms with van der Waals surface area (Å²) in [4.78, 5) is 30.9. The van der Waals surface area contributed by atoms with Crippen LogP contribution in [-0.2, 0) is 27.2 Å². The van der Waals surface area contributed by atoms with Crippen molar-refractivity contribution >= 4 is 34.8 Å². The second-order valence-electron chi connectivity index (χ2n) is 7.49. The van der Waals surface area contributed by atoms with E-state index >= 15 is 0 Å². The minimum atomic E-state index is -0.386. The maximum atomic E-state index is 12.9. The quantitative estimate of drug-likeness (QED) is 0.587. The lowest BCUT2D eigenvalue weighted by Crippen LogP contribution is -2.47. The van der Waals surface area contributed by atoms with Crippen molar-refractivity contribution in [3.05, 3.63) is 50.9 Å². The van der Waals surface area contributed by atoms with Crippen molar-refractivity contribution in [1.82, 2.24) is 9.88 Å². The summed E-state index contributed by atoms with van der Waals surface area (Å²) in [7, 11) is 0. The molecule has 1 aromatic carbocycles. The summed E-state index contributed by atoms with van der Waals surface area (Å²) in [6.07, 6.45) is 1.09. The zero-order chi connectivity index (χ0) is 20.7. The van der Waals surface area contributed by atoms with Gasteiger partial charge in [0.1, 0.15) is 0 Å². The van der Waals surface area contributed by atoms with Crippen LogP contribution >= 0.6 is 22.9 Å². The van der Waals surface area contributed by atoms with Crippen molar-refractivity contribution < 1.29 is 14.3 Å². The Morgan fingerprint density at radius 3 is 2.68 bits per heavy atom. The highest BCUT2D eigenvalue weighted by molar-refractivity contribution is 7.09. The van der Waals surface area contributed by atoms with Gasteiger partial charge in [0.25, 0.3) is 0 Å². The predicted octanol–water partition coefficient (Wildman–Crippen LogP) is 4.51. The number of hydrogen-bond donors (Lipinski definition) is 0. The number of hydrogen-bond acceptors (Lipinski definition) is 5. The molecule has 0 aliphatic carbocycles. The highest BCUT2D eigenvalue weighted by Crippen LogP contribution is 2.20. The monoisotopic (exact) mass is 422 g/mol. The van der Waals surface area contributed by atoms with Crippen molar-refractivity contribution in [3.63, 3.8) is 0 Å². The highest BCUT2D eigenvalue weighted by atomic mass is 35.5. The van der Waals surface area contributed by atoms with Crippen LogP contribution in [0, 0.1) is 0 Å². The maximum absolute atomic E-state index is 12.9. The number of halogens is 1. The molecule has 0 bridgehead atoms. The van der Waals surface area contributed by atoms with Gasteiger partial charge in [0.2, 0.25) is 5.91 Å². The number of amides is 1. The van der Waals surface area contributed by atoms with Crippen LogP contribution < -0.4 is 0 Å². The minimum absolute atomic E-state index is 0.0450. The van der Waals surface area contributed by atoms with Gasteiger partial charge < -0.3 is 9.64 Å². The fraction of sp³-hybridized carbons (Fsp3) is 0.476. The van der Waals surface area contributed by atoms with E-state index < -0.39 is 0 Å². The molecule has 1 heterocycles. The Bertz CT molecular complexity index is 814. The van der Waals surface area contributed by atoms with Gasteiger partial charge in [-0.25, -0.2) is 4.98 Å². The Morgan fingerprint density at radius 1 is 1.29 bits per heavy atom. The van der Waals surface area contributed by atoms with Crippen LogP contribution in [0.3, 0.4) is 0 Å². The molecule has 0 saturated carbocycles. The van der Waals surface area contributed by atoms with Gasteiger partial charge in [-0.05, 0) is 45.4 Å². The van der Waals surface area contributed by atoms with Crippen LogP contribution in [0.4, 0.5) is 0 Å². The highest BCUT2D eigenvalue weighted by Gasteiger charge is 2.27.